The number of aryl methyl sites for hydroxylation is 1. The summed E-state index contributed by atoms with van der Waals surface area (Å²) in [6.07, 6.45) is 4.88. The highest BCUT2D eigenvalue weighted by Crippen LogP contribution is 2.37. The molecule has 1 aliphatic rings. The van der Waals surface area contributed by atoms with E-state index in [1.54, 1.807) is 0 Å². The lowest BCUT2D eigenvalue weighted by Gasteiger charge is -2.12. The highest BCUT2D eigenvalue weighted by molar-refractivity contribution is 5.78. The molecule has 0 radical (unpaired) electrons. The molecule has 0 saturated carbocycles. The third-order valence-electron chi connectivity index (χ3n) is 3.46. The highest BCUT2D eigenvalue weighted by atomic mass is 16.1. The Hall–Kier alpha value is -1.96. The van der Waals surface area contributed by atoms with Crippen molar-refractivity contribution in [3.8, 4) is 0 Å². The van der Waals surface area contributed by atoms with Gasteiger partial charge in [-0.15, -0.1) is 0 Å². The van der Waals surface area contributed by atoms with Gasteiger partial charge in [-0.3, -0.25) is 9.78 Å². The van der Waals surface area contributed by atoms with Crippen molar-refractivity contribution in [2.75, 3.05) is 0 Å². The van der Waals surface area contributed by atoms with Crippen LogP contribution in [0.5, 0.6) is 0 Å². The van der Waals surface area contributed by atoms with Gasteiger partial charge in [-0.2, -0.15) is 0 Å². The fraction of sp³-hybridized carbons (Fsp3) is 0.200. The predicted octanol–water partition coefficient (Wildman–Crippen LogP) is 2.97. The molecule has 0 bridgehead atoms. The van der Waals surface area contributed by atoms with Gasteiger partial charge < -0.3 is 0 Å². The van der Waals surface area contributed by atoms with E-state index in [0.29, 0.717) is 0 Å². The number of fused-ring (bicyclic) bond motifs is 1. The minimum Gasteiger partial charge on any atom is -0.298 e. The number of carbonyl (C=O) groups excluding carboxylic acids is 1. The number of rotatable bonds is 2. The Balaban J connectivity index is 2.10. The molecule has 1 aromatic carbocycles. The van der Waals surface area contributed by atoms with E-state index in [1.807, 2.05) is 36.5 Å². The molecule has 84 valence electrons. The summed E-state index contributed by atoms with van der Waals surface area (Å²) < 4.78 is 0. The number of hydrogen-bond donors (Lipinski definition) is 0. The maximum Gasteiger partial charge on any atom is 0.150 e. The number of benzene rings is 1. The molecule has 0 N–H and O–H groups in total. The van der Waals surface area contributed by atoms with E-state index in [2.05, 4.69) is 11.1 Å². The second-order valence-electron chi connectivity index (χ2n) is 4.39. The number of nitrogens with zero attached hydrogens (tertiary/aromatic N) is 1. The lowest BCUT2D eigenvalue weighted by molar-refractivity contribution is 0.112. The normalized spacial score (nSPS) is 17.8. The van der Waals surface area contributed by atoms with Gasteiger partial charge in [0, 0.05) is 17.7 Å². The first-order valence-electron chi connectivity index (χ1n) is 5.88. The van der Waals surface area contributed by atoms with Crippen molar-refractivity contribution in [3.63, 3.8) is 0 Å². The van der Waals surface area contributed by atoms with Gasteiger partial charge in [0.2, 0.25) is 0 Å². The number of aromatic nitrogens is 1. The Morgan fingerprint density at radius 3 is 2.94 bits per heavy atom. The van der Waals surface area contributed by atoms with Crippen molar-refractivity contribution in [2.45, 2.75) is 18.8 Å². The third kappa shape index (κ3) is 1.66. The van der Waals surface area contributed by atoms with E-state index in [4.69, 9.17) is 0 Å². The second-order valence-corrected chi connectivity index (χ2v) is 4.39. The van der Waals surface area contributed by atoms with Gasteiger partial charge in [0.1, 0.15) is 6.29 Å². The van der Waals surface area contributed by atoms with Gasteiger partial charge >= 0.3 is 0 Å². The van der Waals surface area contributed by atoms with Crippen molar-refractivity contribution in [1.82, 2.24) is 4.98 Å². The Morgan fingerprint density at radius 2 is 2.06 bits per heavy atom. The molecule has 0 fully saturated rings. The minimum absolute atomic E-state index is 0.285. The molecule has 2 heteroatoms. The van der Waals surface area contributed by atoms with Crippen LogP contribution in [-0.2, 0) is 6.42 Å². The molecule has 1 atom stereocenters. The van der Waals surface area contributed by atoms with E-state index in [0.717, 1.165) is 35.9 Å². The largest absolute Gasteiger partial charge is 0.298 e. The molecule has 2 aromatic rings. The van der Waals surface area contributed by atoms with Gasteiger partial charge in [0.25, 0.3) is 0 Å². The first kappa shape index (κ1) is 10.2. The summed E-state index contributed by atoms with van der Waals surface area (Å²) >= 11 is 0. The summed E-state index contributed by atoms with van der Waals surface area (Å²) in [7, 11) is 0. The predicted molar refractivity (Wildman–Crippen MR) is 66.2 cm³/mol. The van der Waals surface area contributed by atoms with Gasteiger partial charge in [0.05, 0.1) is 5.69 Å². The molecule has 0 aliphatic heterocycles. The SMILES string of the molecule is O=Cc1ccccc1C1CCc2cccnc21. The Labute approximate surface area is 100 Å². The Morgan fingerprint density at radius 1 is 1.18 bits per heavy atom. The molecule has 3 rings (SSSR count). The van der Waals surface area contributed by atoms with Crippen LogP contribution in [0.4, 0.5) is 0 Å². The Bertz CT molecular complexity index is 562. The topological polar surface area (TPSA) is 30.0 Å². The summed E-state index contributed by atoms with van der Waals surface area (Å²) in [4.78, 5) is 15.6. The van der Waals surface area contributed by atoms with Crippen LogP contribution in [0, 0.1) is 0 Å². The molecule has 1 aliphatic carbocycles. The average Bonchev–Trinajstić information content (AvgIpc) is 2.82. The number of pyridine rings is 1. The van der Waals surface area contributed by atoms with Gasteiger partial charge in [-0.25, -0.2) is 0 Å². The van der Waals surface area contributed by atoms with Crippen LogP contribution in [0.15, 0.2) is 42.6 Å². The lowest BCUT2D eigenvalue weighted by atomic mass is 9.92. The fourth-order valence-electron chi connectivity index (χ4n) is 2.65. The van der Waals surface area contributed by atoms with E-state index in [1.165, 1.54) is 5.56 Å². The van der Waals surface area contributed by atoms with Crippen LogP contribution in [0.25, 0.3) is 0 Å². The van der Waals surface area contributed by atoms with Crippen LogP contribution in [0.1, 0.15) is 39.5 Å². The molecular formula is C15H13NO. The molecule has 1 heterocycles. The van der Waals surface area contributed by atoms with Crippen molar-refractivity contribution >= 4 is 6.29 Å². The highest BCUT2D eigenvalue weighted by Gasteiger charge is 2.26. The zero-order valence-corrected chi connectivity index (χ0v) is 9.47. The summed E-state index contributed by atoms with van der Waals surface area (Å²) in [5, 5.41) is 0. The molecule has 0 amide bonds. The molecular weight excluding hydrogens is 210 g/mol. The second kappa shape index (κ2) is 4.13. The third-order valence-corrected chi connectivity index (χ3v) is 3.46. The first-order valence-corrected chi connectivity index (χ1v) is 5.88. The Kier molecular flexibility index (Phi) is 2.48. The molecule has 1 unspecified atom stereocenters. The first-order chi connectivity index (χ1) is 8.40. The number of carbonyl (C=O) groups is 1. The lowest BCUT2D eigenvalue weighted by Crippen LogP contribution is -2.02. The number of aldehydes is 1. The average molecular weight is 223 g/mol. The maximum atomic E-state index is 11.1. The molecule has 17 heavy (non-hydrogen) atoms. The maximum absolute atomic E-state index is 11.1. The van der Waals surface area contributed by atoms with Gasteiger partial charge in [0.15, 0.2) is 0 Å². The monoisotopic (exact) mass is 223 g/mol. The van der Waals surface area contributed by atoms with E-state index in [9.17, 15) is 4.79 Å². The minimum atomic E-state index is 0.285. The standard InChI is InChI=1S/C15H13NO/c17-10-12-4-1-2-6-13(12)14-8-7-11-5-3-9-16-15(11)14/h1-6,9-10,14H,7-8H2. The van der Waals surface area contributed by atoms with Crippen LogP contribution in [0.2, 0.25) is 0 Å². The summed E-state index contributed by atoms with van der Waals surface area (Å²) in [6.45, 7) is 0. The van der Waals surface area contributed by atoms with Crippen LogP contribution in [-0.4, -0.2) is 11.3 Å². The molecule has 0 spiro atoms. The van der Waals surface area contributed by atoms with Crippen molar-refractivity contribution < 1.29 is 4.79 Å². The van der Waals surface area contributed by atoms with E-state index in [-0.39, 0.29) is 5.92 Å². The van der Waals surface area contributed by atoms with Crippen LogP contribution in [0.3, 0.4) is 0 Å². The zero-order valence-electron chi connectivity index (χ0n) is 9.47. The van der Waals surface area contributed by atoms with Gasteiger partial charge in [-0.05, 0) is 30.0 Å². The quantitative estimate of drug-likeness (QED) is 0.733. The van der Waals surface area contributed by atoms with E-state index >= 15 is 0 Å². The summed E-state index contributed by atoms with van der Waals surface area (Å²) in [5.74, 6) is 0.285. The zero-order chi connectivity index (χ0) is 11.7. The summed E-state index contributed by atoms with van der Waals surface area (Å²) in [6, 6.07) is 11.9. The summed E-state index contributed by atoms with van der Waals surface area (Å²) in [5.41, 5.74) is 4.36. The van der Waals surface area contributed by atoms with Crippen molar-refractivity contribution in [1.29, 1.82) is 0 Å². The van der Waals surface area contributed by atoms with Gasteiger partial charge in [-0.1, -0.05) is 30.3 Å². The van der Waals surface area contributed by atoms with Crippen LogP contribution < -0.4 is 0 Å². The molecule has 1 aromatic heterocycles. The number of hydrogen-bond acceptors (Lipinski definition) is 2. The molecule has 0 saturated heterocycles. The van der Waals surface area contributed by atoms with E-state index < -0.39 is 0 Å². The van der Waals surface area contributed by atoms with Crippen molar-refractivity contribution in [2.24, 2.45) is 0 Å². The molecule has 2 nitrogen and oxygen atoms in total. The smallest absolute Gasteiger partial charge is 0.150 e. The van der Waals surface area contributed by atoms with Crippen molar-refractivity contribution in [3.05, 3.63) is 65.0 Å². The fourth-order valence-corrected chi connectivity index (χ4v) is 2.65. The van der Waals surface area contributed by atoms with Crippen LogP contribution >= 0.6 is 0 Å².